The van der Waals surface area contributed by atoms with Gasteiger partial charge in [0.05, 0.1) is 18.9 Å². The Morgan fingerprint density at radius 3 is 2.47 bits per heavy atom. The minimum absolute atomic E-state index is 0.158. The number of thioether (sulfide) groups is 1. The first-order valence-electron chi connectivity index (χ1n) is 10.4. The number of hydrogen-bond donors (Lipinski definition) is 0. The number of hydrogen-bond acceptors (Lipinski definition) is 6. The van der Waals surface area contributed by atoms with Gasteiger partial charge >= 0.3 is 0 Å². The van der Waals surface area contributed by atoms with E-state index in [9.17, 15) is 9.59 Å². The molecule has 3 aromatic rings. The smallest absolute Gasteiger partial charge is 0.289 e. The van der Waals surface area contributed by atoms with Gasteiger partial charge in [0.15, 0.2) is 0 Å². The highest BCUT2D eigenvalue weighted by Crippen LogP contribution is 2.31. The number of aromatic nitrogens is 1. The molecule has 0 spiro atoms. The van der Waals surface area contributed by atoms with Gasteiger partial charge < -0.3 is 9.47 Å². The van der Waals surface area contributed by atoms with Crippen molar-refractivity contribution < 1.29 is 19.1 Å². The number of para-hydroxylation sites is 1. The summed E-state index contributed by atoms with van der Waals surface area (Å²) in [7, 11) is 1.65. The van der Waals surface area contributed by atoms with Gasteiger partial charge in [-0.2, -0.15) is 0 Å². The molecule has 1 fully saturated rings. The summed E-state index contributed by atoms with van der Waals surface area (Å²) in [5, 5.41) is -0.204. The molecule has 1 saturated heterocycles. The van der Waals surface area contributed by atoms with Gasteiger partial charge in [0.2, 0.25) is 5.91 Å². The molecule has 1 aliphatic heterocycles. The Kier molecular flexibility index (Phi) is 7.07. The van der Waals surface area contributed by atoms with Crippen LogP contribution in [0.15, 0.2) is 73.1 Å². The number of carbonyl (C=O) groups excluding carboxylic acids is 2. The Morgan fingerprint density at radius 1 is 1.03 bits per heavy atom. The quantitative estimate of drug-likeness (QED) is 0.467. The topological polar surface area (TPSA) is 68.7 Å². The summed E-state index contributed by atoms with van der Waals surface area (Å²) in [5.41, 5.74) is 3.13. The third-order valence-corrected chi connectivity index (χ3v) is 6.21. The van der Waals surface area contributed by atoms with Crippen molar-refractivity contribution in [3.63, 3.8) is 0 Å². The number of nitrogens with zero attached hydrogens (tertiary/aromatic N) is 2. The van der Waals surface area contributed by atoms with Gasteiger partial charge in [-0.25, -0.2) is 0 Å². The van der Waals surface area contributed by atoms with Gasteiger partial charge in [-0.05, 0) is 54.3 Å². The number of amides is 2. The van der Waals surface area contributed by atoms with Crippen LogP contribution in [-0.4, -0.2) is 46.5 Å². The van der Waals surface area contributed by atoms with Crippen LogP contribution >= 0.6 is 11.8 Å². The molecule has 0 N–H and O–H groups in total. The minimum atomic E-state index is -0.327. The zero-order chi connectivity index (χ0) is 22.3. The normalized spacial score (nSPS) is 14.5. The minimum Gasteiger partial charge on any atom is -0.496 e. The van der Waals surface area contributed by atoms with Crippen molar-refractivity contribution in [1.29, 1.82) is 0 Å². The zero-order valence-electron chi connectivity index (χ0n) is 17.8. The van der Waals surface area contributed by atoms with Crippen LogP contribution in [0.4, 0.5) is 4.79 Å². The first-order valence-corrected chi connectivity index (χ1v) is 11.4. The second kappa shape index (κ2) is 10.3. The molecule has 0 aliphatic carbocycles. The van der Waals surface area contributed by atoms with Gasteiger partial charge in [-0.15, -0.1) is 0 Å². The molecule has 0 radical (unpaired) electrons. The summed E-state index contributed by atoms with van der Waals surface area (Å²) in [5.74, 6) is 1.53. The van der Waals surface area contributed by atoms with Crippen molar-refractivity contribution in [3.8, 4) is 22.6 Å². The van der Waals surface area contributed by atoms with E-state index in [2.05, 4.69) is 4.98 Å². The maximum absolute atomic E-state index is 12.3. The van der Waals surface area contributed by atoms with E-state index in [4.69, 9.17) is 9.47 Å². The van der Waals surface area contributed by atoms with Crippen LogP contribution in [-0.2, 0) is 11.2 Å². The lowest BCUT2D eigenvalue weighted by molar-refractivity contribution is -0.126. The lowest BCUT2D eigenvalue weighted by atomic mass is 10.0. The van der Waals surface area contributed by atoms with Gasteiger partial charge in [-0.1, -0.05) is 42.1 Å². The molecule has 1 atom stereocenters. The van der Waals surface area contributed by atoms with Crippen molar-refractivity contribution in [1.82, 2.24) is 9.88 Å². The standard InChI is InChI=1S/C25H24N2O4S/c1-30-23-5-3-2-4-22(23)19-7-10-21(11-8-19)31-16-20(27-24(28)17-32-25(27)29)9-6-18-12-14-26-15-13-18/h2-5,7-8,10-15,20H,6,9,16-17H2,1H3. The molecule has 1 unspecified atom stereocenters. The average molecular weight is 449 g/mol. The maximum Gasteiger partial charge on any atom is 0.289 e. The molecule has 0 bridgehead atoms. The molecule has 2 heterocycles. The van der Waals surface area contributed by atoms with Gasteiger partial charge in [0.25, 0.3) is 5.24 Å². The van der Waals surface area contributed by atoms with Crippen LogP contribution < -0.4 is 9.47 Å². The number of rotatable bonds is 9. The Bertz CT molecular complexity index is 1060. The summed E-state index contributed by atoms with van der Waals surface area (Å²) in [6.07, 6.45) is 4.84. The molecule has 4 rings (SSSR count). The van der Waals surface area contributed by atoms with Crippen LogP contribution in [0.3, 0.4) is 0 Å². The Morgan fingerprint density at radius 2 is 1.78 bits per heavy atom. The fourth-order valence-corrected chi connectivity index (χ4v) is 4.47. The predicted molar refractivity (Wildman–Crippen MR) is 125 cm³/mol. The van der Waals surface area contributed by atoms with Gasteiger partial charge in [0, 0.05) is 18.0 Å². The van der Waals surface area contributed by atoms with Crippen molar-refractivity contribution >= 4 is 22.9 Å². The Balaban J connectivity index is 1.45. The Hall–Kier alpha value is -3.32. The number of methoxy groups -OCH3 is 1. The third-order valence-electron chi connectivity index (χ3n) is 5.38. The highest BCUT2D eigenvalue weighted by molar-refractivity contribution is 8.14. The SMILES string of the molecule is COc1ccccc1-c1ccc(OCC(CCc2ccncc2)N2C(=O)CSC2=O)cc1. The van der Waals surface area contributed by atoms with E-state index in [1.54, 1.807) is 19.5 Å². The molecule has 0 saturated carbocycles. The summed E-state index contributed by atoms with van der Waals surface area (Å²) < 4.78 is 11.5. The highest BCUT2D eigenvalue weighted by atomic mass is 32.2. The van der Waals surface area contributed by atoms with E-state index >= 15 is 0 Å². The molecule has 7 heteroatoms. The number of aryl methyl sites for hydroxylation is 1. The van der Waals surface area contributed by atoms with E-state index in [0.29, 0.717) is 12.2 Å². The fourth-order valence-electron chi connectivity index (χ4n) is 3.69. The molecule has 32 heavy (non-hydrogen) atoms. The molecule has 2 amide bonds. The van der Waals surface area contributed by atoms with Crippen LogP contribution in [0.2, 0.25) is 0 Å². The molecular weight excluding hydrogens is 424 g/mol. The van der Waals surface area contributed by atoms with Crippen LogP contribution in [0.25, 0.3) is 11.1 Å². The van der Waals surface area contributed by atoms with Crippen molar-refractivity contribution in [2.24, 2.45) is 0 Å². The van der Waals surface area contributed by atoms with Crippen molar-refractivity contribution in [3.05, 3.63) is 78.6 Å². The number of ether oxygens (including phenoxy) is 2. The number of imide groups is 1. The summed E-state index contributed by atoms with van der Waals surface area (Å²) >= 11 is 1.05. The molecule has 2 aromatic carbocycles. The van der Waals surface area contributed by atoms with Crippen molar-refractivity contribution in [2.45, 2.75) is 18.9 Å². The predicted octanol–water partition coefficient (Wildman–Crippen LogP) is 4.83. The lowest BCUT2D eigenvalue weighted by Gasteiger charge is -2.25. The second-order valence-electron chi connectivity index (χ2n) is 7.40. The van der Waals surface area contributed by atoms with Gasteiger partial charge in [-0.3, -0.25) is 19.5 Å². The van der Waals surface area contributed by atoms with E-state index in [1.165, 1.54) is 4.90 Å². The second-order valence-corrected chi connectivity index (χ2v) is 8.33. The van der Waals surface area contributed by atoms with Crippen LogP contribution in [0, 0.1) is 0 Å². The summed E-state index contributed by atoms with van der Waals surface area (Å²) in [6.45, 7) is 0.247. The summed E-state index contributed by atoms with van der Waals surface area (Å²) in [6, 6.07) is 19.1. The van der Waals surface area contributed by atoms with Gasteiger partial charge in [0.1, 0.15) is 18.1 Å². The molecule has 1 aliphatic rings. The van der Waals surface area contributed by atoms with E-state index < -0.39 is 0 Å². The van der Waals surface area contributed by atoms with E-state index in [-0.39, 0.29) is 29.5 Å². The molecular formula is C25H24N2O4S. The largest absolute Gasteiger partial charge is 0.496 e. The maximum atomic E-state index is 12.3. The first-order chi connectivity index (χ1) is 15.7. The molecule has 1 aromatic heterocycles. The lowest BCUT2D eigenvalue weighted by Crippen LogP contribution is -2.43. The van der Waals surface area contributed by atoms with Crippen molar-refractivity contribution in [2.75, 3.05) is 19.5 Å². The van der Waals surface area contributed by atoms with E-state index in [0.717, 1.165) is 40.6 Å². The molecule has 6 nitrogen and oxygen atoms in total. The zero-order valence-corrected chi connectivity index (χ0v) is 18.6. The third kappa shape index (κ3) is 5.11. The molecule has 164 valence electrons. The highest BCUT2D eigenvalue weighted by Gasteiger charge is 2.36. The van der Waals surface area contributed by atoms with E-state index in [1.807, 2.05) is 60.7 Å². The fraction of sp³-hybridized carbons (Fsp3) is 0.240. The van der Waals surface area contributed by atoms with Crippen LogP contribution in [0.1, 0.15) is 12.0 Å². The number of benzene rings is 2. The first kappa shape index (κ1) is 21.9. The Labute approximate surface area is 191 Å². The average Bonchev–Trinajstić information content (AvgIpc) is 3.18. The summed E-state index contributed by atoms with van der Waals surface area (Å²) in [4.78, 5) is 30.0. The van der Waals surface area contributed by atoms with Crippen LogP contribution in [0.5, 0.6) is 11.5 Å². The number of carbonyl (C=O) groups is 2. The monoisotopic (exact) mass is 448 g/mol. The number of pyridine rings is 1.